The van der Waals surface area contributed by atoms with Gasteiger partial charge in [-0.25, -0.2) is 0 Å². The van der Waals surface area contributed by atoms with Gasteiger partial charge in [-0.05, 0) is 26.2 Å². The number of carbonyl (C=O) groups excluding carboxylic acids is 1. The van der Waals surface area contributed by atoms with Crippen molar-refractivity contribution in [3.05, 3.63) is 30.1 Å². The molecule has 0 radical (unpaired) electrons. The molecular formula is C10H14N2O. The highest BCUT2D eigenvalue weighted by molar-refractivity contribution is 5.95. The lowest BCUT2D eigenvalue weighted by molar-refractivity contribution is 0.0972. The van der Waals surface area contributed by atoms with E-state index in [0.29, 0.717) is 12.0 Å². The normalized spacial score (nSPS) is 10.4. The van der Waals surface area contributed by atoms with Gasteiger partial charge in [0.1, 0.15) is 0 Å². The summed E-state index contributed by atoms with van der Waals surface area (Å²) in [6, 6.07) is 3.58. The smallest absolute Gasteiger partial charge is 0.165 e. The van der Waals surface area contributed by atoms with Crippen molar-refractivity contribution in [2.45, 2.75) is 6.42 Å². The molecule has 0 amide bonds. The van der Waals surface area contributed by atoms with Crippen LogP contribution < -0.4 is 0 Å². The quantitative estimate of drug-likeness (QED) is 0.650. The maximum atomic E-state index is 11.5. The molecule has 1 rings (SSSR count). The molecule has 0 fully saturated rings. The van der Waals surface area contributed by atoms with E-state index >= 15 is 0 Å². The van der Waals surface area contributed by atoms with Crippen molar-refractivity contribution in [1.82, 2.24) is 9.88 Å². The van der Waals surface area contributed by atoms with Gasteiger partial charge in [-0.2, -0.15) is 0 Å². The van der Waals surface area contributed by atoms with Gasteiger partial charge in [0.2, 0.25) is 0 Å². The first-order valence-corrected chi connectivity index (χ1v) is 4.28. The summed E-state index contributed by atoms with van der Waals surface area (Å²) in [7, 11) is 3.91. The molecule has 1 aromatic rings. The van der Waals surface area contributed by atoms with E-state index < -0.39 is 0 Å². The molecule has 0 aromatic carbocycles. The number of hydrogen-bond acceptors (Lipinski definition) is 3. The Labute approximate surface area is 78.4 Å². The Kier molecular flexibility index (Phi) is 3.58. The van der Waals surface area contributed by atoms with Crippen molar-refractivity contribution in [3.8, 4) is 0 Å². The topological polar surface area (TPSA) is 33.2 Å². The number of Topliss-reactive ketones (excluding diaryl/α,β-unsaturated/α-hetero) is 1. The van der Waals surface area contributed by atoms with Crippen LogP contribution in [0.25, 0.3) is 0 Å². The van der Waals surface area contributed by atoms with Crippen LogP contribution in [-0.2, 0) is 0 Å². The number of nitrogens with zero attached hydrogens (tertiary/aromatic N) is 2. The first-order valence-electron chi connectivity index (χ1n) is 4.28. The number of carbonyl (C=O) groups is 1. The Bertz CT molecular complexity index is 270. The SMILES string of the molecule is CN(C)CCC(=O)c1cccnc1. The Balaban J connectivity index is 2.50. The molecule has 0 aliphatic rings. The standard InChI is InChI=1S/C10H14N2O/c1-12(2)7-5-10(13)9-4-3-6-11-8-9/h3-4,6,8H,5,7H2,1-2H3. The first-order chi connectivity index (χ1) is 6.20. The lowest BCUT2D eigenvalue weighted by Crippen LogP contribution is -2.16. The molecule has 0 atom stereocenters. The summed E-state index contributed by atoms with van der Waals surface area (Å²) in [4.78, 5) is 17.4. The van der Waals surface area contributed by atoms with Crippen molar-refractivity contribution in [2.24, 2.45) is 0 Å². The number of ketones is 1. The van der Waals surface area contributed by atoms with Crippen LogP contribution in [0.15, 0.2) is 24.5 Å². The fraction of sp³-hybridized carbons (Fsp3) is 0.400. The molecule has 70 valence electrons. The molecule has 0 unspecified atom stereocenters. The highest BCUT2D eigenvalue weighted by Gasteiger charge is 2.04. The van der Waals surface area contributed by atoms with Crippen molar-refractivity contribution < 1.29 is 4.79 Å². The summed E-state index contributed by atoms with van der Waals surface area (Å²) < 4.78 is 0. The zero-order valence-electron chi connectivity index (χ0n) is 8.03. The average molecular weight is 178 g/mol. The fourth-order valence-corrected chi connectivity index (χ4v) is 0.997. The summed E-state index contributed by atoms with van der Waals surface area (Å²) in [6.45, 7) is 0.785. The number of hydrogen-bond donors (Lipinski definition) is 0. The van der Waals surface area contributed by atoms with Crippen LogP contribution in [-0.4, -0.2) is 36.3 Å². The monoisotopic (exact) mass is 178 g/mol. The molecule has 3 nitrogen and oxygen atoms in total. The second kappa shape index (κ2) is 4.72. The van der Waals surface area contributed by atoms with Gasteiger partial charge in [0.05, 0.1) is 0 Å². The third kappa shape index (κ3) is 3.34. The molecule has 0 aliphatic carbocycles. The molecule has 0 aliphatic heterocycles. The van der Waals surface area contributed by atoms with Crippen molar-refractivity contribution >= 4 is 5.78 Å². The van der Waals surface area contributed by atoms with E-state index in [9.17, 15) is 4.79 Å². The van der Waals surface area contributed by atoms with Gasteiger partial charge in [-0.3, -0.25) is 9.78 Å². The minimum absolute atomic E-state index is 0.154. The highest BCUT2D eigenvalue weighted by Crippen LogP contribution is 2.00. The van der Waals surface area contributed by atoms with Gasteiger partial charge in [-0.1, -0.05) is 0 Å². The summed E-state index contributed by atoms with van der Waals surface area (Å²) in [5, 5.41) is 0. The summed E-state index contributed by atoms with van der Waals surface area (Å²) in [6.07, 6.45) is 3.83. The number of pyridine rings is 1. The van der Waals surface area contributed by atoms with Gasteiger partial charge >= 0.3 is 0 Å². The second-order valence-corrected chi connectivity index (χ2v) is 3.22. The van der Waals surface area contributed by atoms with Crippen LogP contribution in [0.4, 0.5) is 0 Å². The minimum Gasteiger partial charge on any atom is -0.309 e. The molecule has 1 aromatic heterocycles. The third-order valence-corrected chi connectivity index (χ3v) is 1.77. The average Bonchev–Trinajstić information content (AvgIpc) is 2.15. The van der Waals surface area contributed by atoms with E-state index in [1.807, 2.05) is 19.0 Å². The molecule has 0 bridgehead atoms. The molecule has 0 saturated carbocycles. The van der Waals surface area contributed by atoms with Gasteiger partial charge in [0.25, 0.3) is 0 Å². The number of aromatic nitrogens is 1. The van der Waals surface area contributed by atoms with E-state index in [0.717, 1.165) is 6.54 Å². The van der Waals surface area contributed by atoms with E-state index in [4.69, 9.17) is 0 Å². The molecular weight excluding hydrogens is 164 g/mol. The van der Waals surface area contributed by atoms with Gasteiger partial charge < -0.3 is 4.90 Å². The van der Waals surface area contributed by atoms with Crippen LogP contribution in [0.1, 0.15) is 16.8 Å². The largest absolute Gasteiger partial charge is 0.309 e. The van der Waals surface area contributed by atoms with Crippen molar-refractivity contribution in [3.63, 3.8) is 0 Å². The highest BCUT2D eigenvalue weighted by atomic mass is 16.1. The van der Waals surface area contributed by atoms with Crippen molar-refractivity contribution in [1.29, 1.82) is 0 Å². The Morgan fingerprint density at radius 3 is 2.85 bits per heavy atom. The maximum Gasteiger partial charge on any atom is 0.165 e. The zero-order valence-corrected chi connectivity index (χ0v) is 8.03. The van der Waals surface area contributed by atoms with Crippen LogP contribution in [0.5, 0.6) is 0 Å². The van der Waals surface area contributed by atoms with Crippen molar-refractivity contribution in [2.75, 3.05) is 20.6 Å². The lowest BCUT2D eigenvalue weighted by Gasteiger charge is -2.07. The molecule has 1 heterocycles. The molecule has 0 N–H and O–H groups in total. The Morgan fingerprint density at radius 2 is 2.31 bits per heavy atom. The summed E-state index contributed by atoms with van der Waals surface area (Å²) in [5.41, 5.74) is 0.698. The van der Waals surface area contributed by atoms with Gasteiger partial charge in [-0.15, -0.1) is 0 Å². The van der Waals surface area contributed by atoms with Crippen LogP contribution in [0, 0.1) is 0 Å². The predicted molar refractivity (Wildman–Crippen MR) is 51.7 cm³/mol. The van der Waals surface area contributed by atoms with Crippen LogP contribution in [0.3, 0.4) is 0 Å². The zero-order chi connectivity index (χ0) is 9.68. The van der Waals surface area contributed by atoms with Gasteiger partial charge in [0, 0.05) is 30.9 Å². The molecule has 3 heteroatoms. The minimum atomic E-state index is 0.154. The Morgan fingerprint density at radius 1 is 1.54 bits per heavy atom. The molecule has 0 spiro atoms. The molecule has 13 heavy (non-hydrogen) atoms. The number of rotatable bonds is 4. The van der Waals surface area contributed by atoms with E-state index in [1.165, 1.54) is 0 Å². The van der Waals surface area contributed by atoms with Gasteiger partial charge in [0.15, 0.2) is 5.78 Å². The molecule has 0 saturated heterocycles. The van der Waals surface area contributed by atoms with E-state index in [2.05, 4.69) is 4.98 Å². The first kappa shape index (κ1) is 9.86. The Hall–Kier alpha value is -1.22. The third-order valence-electron chi connectivity index (χ3n) is 1.77. The fourth-order valence-electron chi connectivity index (χ4n) is 0.997. The van der Waals surface area contributed by atoms with Crippen LogP contribution in [0.2, 0.25) is 0 Å². The van der Waals surface area contributed by atoms with Crippen LogP contribution >= 0.6 is 0 Å². The second-order valence-electron chi connectivity index (χ2n) is 3.22. The maximum absolute atomic E-state index is 11.5. The summed E-state index contributed by atoms with van der Waals surface area (Å²) >= 11 is 0. The summed E-state index contributed by atoms with van der Waals surface area (Å²) in [5.74, 6) is 0.154. The predicted octanol–water partition coefficient (Wildman–Crippen LogP) is 1.22. The van der Waals surface area contributed by atoms with E-state index in [-0.39, 0.29) is 5.78 Å². The van der Waals surface area contributed by atoms with E-state index in [1.54, 1.807) is 24.5 Å². The lowest BCUT2D eigenvalue weighted by atomic mass is 10.1.